The summed E-state index contributed by atoms with van der Waals surface area (Å²) in [4.78, 5) is 12.5. The van der Waals surface area contributed by atoms with Gasteiger partial charge in [-0.1, -0.05) is 42.5 Å². The first-order chi connectivity index (χ1) is 16.6. The number of halogens is 1. The molecule has 34 heavy (non-hydrogen) atoms. The zero-order chi connectivity index (χ0) is 23.5. The molecule has 172 valence electrons. The maximum Gasteiger partial charge on any atom is 0.413 e. The molecule has 2 heterocycles. The van der Waals surface area contributed by atoms with Crippen LogP contribution < -0.4 is 14.8 Å². The normalized spacial score (nSPS) is 11.1. The number of furan rings is 1. The van der Waals surface area contributed by atoms with E-state index in [1.165, 1.54) is 0 Å². The number of tetrazole rings is 1. The minimum absolute atomic E-state index is 0.205. The molecule has 0 spiro atoms. The molecule has 0 aliphatic heterocycles. The van der Waals surface area contributed by atoms with E-state index in [0.717, 1.165) is 26.2 Å². The molecule has 0 aliphatic rings. The fourth-order valence-corrected chi connectivity index (χ4v) is 4.26. The first kappa shape index (κ1) is 21.9. The van der Waals surface area contributed by atoms with Crippen molar-refractivity contribution in [3.8, 4) is 11.5 Å². The van der Waals surface area contributed by atoms with Gasteiger partial charge >= 0.3 is 6.09 Å². The number of ether oxygens (including phenoxy) is 2. The van der Waals surface area contributed by atoms with E-state index in [1.807, 2.05) is 61.5 Å². The second kappa shape index (κ2) is 9.52. The van der Waals surface area contributed by atoms with E-state index >= 15 is 0 Å². The molecule has 5 aromatic rings. The van der Waals surface area contributed by atoms with Crippen LogP contribution in [0.25, 0.3) is 21.7 Å². The molecule has 0 saturated heterocycles. The summed E-state index contributed by atoms with van der Waals surface area (Å²) in [6, 6.07) is 17.3. The molecular formula is C24H20BrN5O4. The summed E-state index contributed by atoms with van der Waals surface area (Å²) < 4.78 is 18.0. The molecule has 2 N–H and O–H groups in total. The highest BCUT2D eigenvalue weighted by Gasteiger charge is 2.17. The highest BCUT2D eigenvalue weighted by Crippen LogP contribution is 2.35. The number of carbonyl (C=O) groups is 1. The number of nitrogens with zero attached hydrogens (tertiary/aromatic N) is 3. The van der Waals surface area contributed by atoms with Gasteiger partial charge in [-0.15, -0.1) is 10.2 Å². The summed E-state index contributed by atoms with van der Waals surface area (Å²) >= 11 is 3.61. The van der Waals surface area contributed by atoms with Gasteiger partial charge < -0.3 is 19.2 Å². The van der Waals surface area contributed by atoms with Gasteiger partial charge in [-0.05, 0) is 56.5 Å². The fourth-order valence-electron chi connectivity index (χ4n) is 3.65. The molecular weight excluding hydrogens is 502 g/mol. The third-order valence-electron chi connectivity index (χ3n) is 5.30. The van der Waals surface area contributed by atoms with Gasteiger partial charge in [0.1, 0.15) is 17.1 Å². The Kier molecular flexibility index (Phi) is 6.13. The van der Waals surface area contributed by atoms with Crippen LogP contribution in [-0.2, 0) is 19.6 Å². The number of aryl methyl sites for hydroxylation is 1. The lowest BCUT2D eigenvalue weighted by Crippen LogP contribution is -2.26. The summed E-state index contributed by atoms with van der Waals surface area (Å²) in [6.07, 6.45) is 0.0882. The molecule has 1 amide bonds. The van der Waals surface area contributed by atoms with Gasteiger partial charge in [0.15, 0.2) is 12.4 Å². The van der Waals surface area contributed by atoms with Crippen LogP contribution in [0.2, 0.25) is 0 Å². The highest BCUT2D eigenvalue weighted by atomic mass is 79.9. The van der Waals surface area contributed by atoms with Crippen molar-refractivity contribution >= 4 is 43.8 Å². The van der Waals surface area contributed by atoms with E-state index in [9.17, 15) is 4.79 Å². The van der Waals surface area contributed by atoms with Gasteiger partial charge in [-0.2, -0.15) is 5.21 Å². The monoisotopic (exact) mass is 521 g/mol. The summed E-state index contributed by atoms with van der Waals surface area (Å²) in [5, 5.41) is 19.3. The Morgan fingerprint density at radius 2 is 2.03 bits per heavy atom. The molecule has 0 saturated carbocycles. The zero-order valence-electron chi connectivity index (χ0n) is 18.2. The van der Waals surface area contributed by atoms with Gasteiger partial charge in [0, 0.05) is 13.0 Å². The number of benzene rings is 3. The number of fused-ring (bicyclic) bond motifs is 2. The number of carbonyl (C=O) groups excluding carboxylic acids is 1. The quantitative estimate of drug-likeness (QED) is 0.298. The zero-order valence-corrected chi connectivity index (χ0v) is 19.8. The molecule has 10 heteroatoms. The number of rotatable bonds is 7. The number of aromatic amines is 1. The van der Waals surface area contributed by atoms with Crippen molar-refractivity contribution in [3.63, 3.8) is 0 Å². The first-order valence-corrected chi connectivity index (χ1v) is 11.4. The maximum atomic E-state index is 12.5. The average molecular weight is 522 g/mol. The number of amides is 1. The Bertz CT molecular complexity index is 1470. The van der Waals surface area contributed by atoms with E-state index in [0.29, 0.717) is 41.6 Å². The van der Waals surface area contributed by atoms with Gasteiger partial charge in [0.2, 0.25) is 5.82 Å². The smallest absolute Gasteiger partial charge is 0.413 e. The topological polar surface area (TPSA) is 115 Å². The van der Waals surface area contributed by atoms with E-state index in [-0.39, 0.29) is 6.61 Å². The van der Waals surface area contributed by atoms with Crippen LogP contribution in [0.5, 0.6) is 11.5 Å². The van der Waals surface area contributed by atoms with Crippen molar-refractivity contribution in [2.45, 2.75) is 26.5 Å². The molecule has 0 bridgehead atoms. The molecule has 0 fully saturated rings. The molecule has 0 unspecified atom stereocenters. The van der Waals surface area contributed by atoms with Gasteiger partial charge in [-0.3, -0.25) is 0 Å². The summed E-state index contributed by atoms with van der Waals surface area (Å²) in [6.45, 7) is 2.48. The molecule has 0 atom stereocenters. The van der Waals surface area contributed by atoms with E-state index in [4.69, 9.17) is 13.9 Å². The average Bonchev–Trinajstić information content (AvgIpc) is 3.50. The molecule has 2 aromatic heterocycles. The largest absolute Gasteiger partial charge is 0.484 e. The Morgan fingerprint density at radius 1 is 1.15 bits per heavy atom. The van der Waals surface area contributed by atoms with Crippen LogP contribution in [0.15, 0.2) is 63.5 Å². The van der Waals surface area contributed by atoms with Crippen LogP contribution in [0.1, 0.15) is 24.1 Å². The van der Waals surface area contributed by atoms with Crippen LogP contribution >= 0.6 is 15.9 Å². The van der Waals surface area contributed by atoms with E-state index in [1.54, 1.807) is 0 Å². The van der Waals surface area contributed by atoms with Crippen molar-refractivity contribution in [1.82, 2.24) is 25.9 Å². The fraction of sp³-hybridized carbons (Fsp3) is 0.167. The minimum Gasteiger partial charge on any atom is -0.484 e. The Balaban J connectivity index is 1.26. The number of hydrogen-bond donors (Lipinski definition) is 2. The highest BCUT2D eigenvalue weighted by molar-refractivity contribution is 9.10. The minimum atomic E-state index is -0.534. The van der Waals surface area contributed by atoms with Gasteiger partial charge in [-0.25, -0.2) is 4.79 Å². The predicted octanol–water partition coefficient (Wildman–Crippen LogP) is 5.29. The molecule has 0 radical (unpaired) electrons. The number of para-hydroxylation sites is 1. The van der Waals surface area contributed by atoms with Crippen LogP contribution in [0.4, 0.5) is 4.79 Å². The number of hydrogen-bond acceptors (Lipinski definition) is 7. The standard InChI is InChI=1S/C24H20BrN5O4/c1-2-18-23(17-5-3-4-6-19(17)33-18)34-24(31)26-12-14-7-9-16-15(11-14)8-10-20(22(16)25)32-13-21-27-29-30-28-21/h3-11H,2,12-13H2,1H3,(H,26,31)(H,27,28,29,30). The Labute approximate surface area is 202 Å². The number of nitrogens with one attached hydrogen (secondary N) is 2. The first-order valence-electron chi connectivity index (χ1n) is 10.6. The second-order valence-corrected chi connectivity index (χ2v) is 8.29. The lowest BCUT2D eigenvalue weighted by Gasteiger charge is -2.11. The van der Waals surface area contributed by atoms with Crippen LogP contribution in [0.3, 0.4) is 0 Å². The Hall–Kier alpha value is -3.92. The van der Waals surface area contributed by atoms with Crippen molar-refractivity contribution in [3.05, 3.63) is 76.2 Å². The second-order valence-electron chi connectivity index (χ2n) is 7.50. The lowest BCUT2D eigenvalue weighted by molar-refractivity contribution is 0.199. The molecule has 5 rings (SSSR count). The van der Waals surface area contributed by atoms with Crippen molar-refractivity contribution in [2.24, 2.45) is 0 Å². The van der Waals surface area contributed by atoms with E-state index in [2.05, 4.69) is 41.9 Å². The Morgan fingerprint density at radius 3 is 2.85 bits per heavy atom. The predicted molar refractivity (Wildman–Crippen MR) is 129 cm³/mol. The van der Waals surface area contributed by atoms with Crippen molar-refractivity contribution in [1.29, 1.82) is 0 Å². The van der Waals surface area contributed by atoms with E-state index < -0.39 is 6.09 Å². The molecule has 3 aromatic carbocycles. The van der Waals surface area contributed by atoms with Crippen molar-refractivity contribution < 1.29 is 18.7 Å². The lowest BCUT2D eigenvalue weighted by atomic mass is 10.1. The summed E-state index contributed by atoms with van der Waals surface area (Å²) in [7, 11) is 0. The molecule has 9 nitrogen and oxygen atoms in total. The maximum absolute atomic E-state index is 12.5. The van der Waals surface area contributed by atoms with Crippen LogP contribution in [0, 0.1) is 0 Å². The van der Waals surface area contributed by atoms with Gasteiger partial charge in [0.05, 0.1) is 9.86 Å². The molecule has 0 aliphatic carbocycles. The third kappa shape index (κ3) is 4.44. The van der Waals surface area contributed by atoms with Gasteiger partial charge in [0.25, 0.3) is 0 Å². The number of H-pyrrole nitrogens is 1. The van der Waals surface area contributed by atoms with Crippen molar-refractivity contribution in [2.75, 3.05) is 0 Å². The summed E-state index contributed by atoms with van der Waals surface area (Å²) in [5.41, 5.74) is 1.63. The number of aromatic nitrogens is 4. The third-order valence-corrected chi connectivity index (χ3v) is 6.12. The summed E-state index contributed by atoms with van der Waals surface area (Å²) in [5.74, 6) is 2.25. The van der Waals surface area contributed by atoms with Crippen LogP contribution in [-0.4, -0.2) is 26.7 Å². The SMILES string of the molecule is CCc1oc2ccccc2c1OC(=O)NCc1ccc2c(Br)c(OCc3nn[nH]n3)ccc2c1.